The molecule has 5 nitrogen and oxygen atoms in total. The van der Waals surface area contributed by atoms with E-state index in [0.717, 1.165) is 42.0 Å². The van der Waals surface area contributed by atoms with Gasteiger partial charge in [-0.1, -0.05) is 43.0 Å². The minimum Gasteiger partial charge on any atom is -0.384 e. The highest BCUT2D eigenvalue weighted by molar-refractivity contribution is 5.77. The summed E-state index contributed by atoms with van der Waals surface area (Å²) < 4.78 is 1.64. The number of hydrogen-bond donors (Lipinski definition) is 2. The van der Waals surface area contributed by atoms with Gasteiger partial charge in [-0.15, -0.1) is 0 Å². The molecule has 1 aliphatic rings. The van der Waals surface area contributed by atoms with E-state index >= 15 is 0 Å². The van der Waals surface area contributed by atoms with E-state index in [1.165, 1.54) is 5.56 Å². The molecule has 5 heteroatoms. The van der Waals surface area contributed by atoms with Crippen molar-refractivity contribution in [3.63, 3.8) is 0 Å². The number of nitrogens with one attached hydrogen (secondary N) is 2. The number of benzene rings is 1. The molecule has 0 spiro atoms. The molecule has 0 aliphatic heterocycles. The quantitative estimate of drug-likeness (QED) is 0.743. The van der Waals surface area contributed by atoms with E-state index in [0.29, 0.717) is 0 Å². The van der Waals surface area contributed by atoms with Crippen LogP contribution in [0.2, 0.25) is 0 Å². The van der Waals surface area contributed by atoms with Gasteiger partial charge in [0.1, 0.15) is 0 Å². The number of nitrogens with zero attached hydrogens (tertiary/aromatic N) is 2. The summed E-state index contributed by atoms with van der Waals surface area (Å²) in [6, 6.07) is 10.4. The van der Waals surface area contributed by atoms with E-state index in [2.05, 4.69) is 47.0 Å². The topological polar surface area (TPSA) is 62.2 Å². The average Bonchev–Trinajstić information content (AvgIpc) is 2.96. The summed E-state index contributed by atoms with van der Waals surface area (Å²) in [5, 5.41) is 3.28. The molecule has 27 heavy (non-hydrogen) atoms. The second-order valence-electron chi connectivity index (χ2n) is 6.86. The smallest absolute Gasteiger partial charge is 0.325 e. The zero-order chi connectivity index (χ0) is 19.2. The standard InChI is InChI=1S/C22H26N4O/c1-16(19-9-10-21-20(13-19)25-22(27)26(21)3)14-23-15-17(2)24-12-11-18-7-5-4-6-8-18/h4-10,14-15,19,24H,2,11-13H2,1,3H3,(H,25,27)/b16-14+,23-15-. The van der Waals surface area contributed by atoms with E-state index in [1.54, 1.807) is 17.8 Å². The van der Waals surface area contributed by atoms with Crippen LogP contribution in [-0.4, -0.2) is 22.3 Å². The molecule has 1 aromatic heterocycles. The summed E-state index contributed by atoms with van der Waals surface area (Å²) in [6.07, 6.45) is 9.49. The lowest BCUT2D eigenvalue weighted by atomic mass is 9.91. The summed E-state index contributed by atoms with van der Waals surface area (Å²) in [5.41, 5.74) is 5.12. The first-order valence-electron chi connectivity index (χ1n) is 9.17. The molecule has 0 radical (unpaired) electrons. The minimum absolute atomic E-state index is 0.0668. The van der Waals surface area contributed by atoms with Crippen LogP contribution in [0.5, 0.6) is 0 Å². The maximum atomic E-state index is 11.7. The number of rotatable bonds is 7. The van der Waals surface area contributed by atoms with Crippen molar-refractivity contribution in [2.24, 2.45) is 18.0 Å². The number of aliphatic imine (C=N–C) groups is 1. The normalized spacial score (nSPS) is 16.5. The van der Waals surface area contributed by atoms with Crippen molar-refractivity contribution in [1.29, 1.82) is 0 Å². The second kappa shape index (κ2) is 8.54. The summed E-state index contributed by atoms with van der Waals surface area (Å²) >= 11 is 0. The van der Waals surface area contributed by atoms with Gasteiger partial charge in [0.15, 0.2) is 0 Å². The van der Waals surface area contributed by atoms with Crippen molar-refractivity contribution in [3.8, 4) is 0 Å². The highest BCUT2D eigenvalue weighted by Crippen LogP contribution is 2.25. The number of hydrogen-bond acceptors (Lipinski definition) is 3. The molecule has 3 rings (SSSR count). The van der Waals surface area contributed by atoms with Crippen LogP contribution in [0.15, 0.2) is 70.2 Å². The maximum absolute atomic E-state index is 11.7. The highest BCUT2D eigenvalue weighted by atomic mass is 16.1. The molecule has 1 unspecified atom stereocenters. The first-order chi connectivity index (χ1) is 13.0. The summed E-state index contributed by atoms with van der Waals surface area (Å²) in [6.45, 7) is 6.88. The SMILES string of the molecule is C=C(/C=N\C=C(/C)C1C=Cc2c([nH]c(=O)n2C)C1)NCCc1ccccc1. The Morgan fingerprint density at radius 1 is 1.41 bits per heavy atom. The van der Waals surface area contributed by atoms with Gasteiger partial charge in [-0.3, -0.25) is 9.56 Å². The fourth-order valence-corrected chi connectivity index (χ4v) is 3.16. The van der Waals surface area contributed by atoms with Crippen LogP contribution in [0, 0.1) is 5.92 Å². The van der Waals surface area contributed by atoms with Crippen LogP contribution in [0.3, 0.4) is 0 Å². The lowest BCUT2D eigenvalue weighted by molar-refractivity contribution is 0.724. The molecule has 0 bridgehead atoms. The van der Waals surface area contributed by atoms with Crippen LogP contribution in [0.4, 0.5) is 0 Å². The third kappa shape index (κ3) is 4.76. The molecule has 0 amide bonds. The van der Waals surface area contributed by atoms with Gasteiger partial charge in [0.05, 0.1) is 5.69 Å². The predicted molar refractivity (Wildman–Crippen MR) is 112 cm³/mol. The zero-order valence-corrected chi connectivity index (χ0v) is 15.9. The number of fused-ring (bicyclic) bond motifs is 1. The predicted octanol–water partition coefficient (Wildman–Crippen LogP) is 3.22. The Bertz CT molecular complexity index is 944. The van der Waals surface area contributed by atoms with Gasteiger partial charge in [-0.2, -0.15) is 0 Å². The molecular weight excluding hydrogens is 336 g/mol. The molecule has 1 atom stereocenters. The summed E-state index contributed by atoms with van der Waals surface area (Å²) in [5.74, 6) is 0.243. The fourth-order valence-electron chi connectivity index (χ4n) is 3.16. The van der Waals surface area contributed by atoms with Crippen LogP contribution in [0.25, 0.3) is 6.08 Å². The van der Waals surface area contributed by atoms with Crippen molar-refractivity contribution in [3.05, 3.63) is 87.9 Å². The van der Waals surface area contributed by atoms with Crippen molar-refractivity contribution in [2.45, 2.75) is 19.8 Å². The highest BCUT2D eigenvalue weighted by Gasteiger charge is 2.19. The van der Waals surface area contributed by atoms with E-state index in [4.69, 9.17) is 0 Å². The Kier molecular flexibility index (Phi) is 5.91. The molecule has 0 saturated heterocycles. The van der Waals surface area contributed by atoms with Gasteiger partial charge >= 0.3 is 5.69 Å². The summed E-state index contributed by atoms with van der Waals surface area (Å²) in [7, 11) is 1.78. The Morgan fingerprint density at radius 3 is 2.96 bits per heavy atom. The van der Waals surface area contributed by atoms with Crippen molar-refractivity contribution >= 4 is 12.3 Å². The molecule has 1 aromatic carbocycles. The first-order valence-corrected chi connectivity index (χ1v) is 9.17. The molecule has 0 fully saturated rings. The number of H-pyrrole nitrogens is 1. The number of aromatic nitrogens is 2. The van der Waals surface area contributed by atoms with Crippen molar-refractivity contribution in [2.75, 3.05) is 6.54 Å². The van der Waals surface area contributed by atoms with E-state index < -0.39 is 0 Å². The molecule has 0 saturated carbocycles. The van der Waals surface area contributed by atoms with Gasteiger partial charge in [-0.25, -0.2) is 4.79 Å². The van der Waals surface area contributed by atoms with Crippen molar-refractivity contribution < 1.29 is 0 Å². The Balaban J connectivity index is 1.50. The third-order valence-corrected chi connectivity index (χ3v) is 4.85. The number of allylic oxidation sites excluding steroid dienone is 3. The van der Waals surface area contributed by atoms with Gasteiger partial charge in [-0.05, 0) is 37.0 Å². The molecule has 140 valence electrons. The molecule has 2 N–H and O–H groups in total. The maximum Gasteiger partial charge on any atom is 0.325 e. The van der Waals surface area contributed by atoms with Gasteiger partial charge in [0, 0.05) is 43.3 Å². The van der Waals surface area contributed by atoms with Crippen molar-refractivity contribution in [1.82, 2.24) is 14.9 Å². The fraction of sp³-hybridized carbons (Fsp3) is 0.273. The number of aromatic amines is 1. The molecule has 2 aromatic rings. The first kappa shape index (κ1) is 18.7. The second-order valence-corrected chi connectivity index (χ2v) is 6.86. The third-order valence-electron chi connectivity index (χ3n) is 4.85. The Hall–Kier alpha value is -3.08. The largest absolute Gasteiger partial charge is 0.384 e. The zero-order valence-electron chi connectivity index (χ0n) is 15.9. The van der Waals surface area contributed by atoms with Gasteiger partial charge in [0.2, 0.25) is 0 Å². The van der Waals surface area contributed by atoms with E-state index in [1.807, 2.05) is 30.5 Å². The summed E-state index contributed by atoms with van der Waals surface area (Å²) in [4.78, 5) is 19.0. The lowest BCUT2D eigenvalue weighted by Gasteiger charge is -2.17. The van der Waals surface area contributed by atoms with Gasteiger partial charge < -0.3 is 10.3 Å². The Morgan fingerprint density at radius 2 is 2.19 bits per heavy atom. The molecule has 1 heterocycles. The van der Waals surface area contributed by atoms with E-state index in [-0.39, 0.29) is 11.6 Å². The van der Waals surface area contributed by atoms with Crippen LogP contribution in [0.1, 0.15) is 23.9 Å². The average molecular weight is 362 g/mol. The lowest BCUT2D eigenvalue weighted by Crippen LogP contribution is -2.16. The number of imidazole rings is 1. The van der Waals surface area contributed by atoms with Crippen LogP contribution < -0.4 is 11.0 Å². The van der Waals surface area contributed by atoms with E-state index in [9.17, 15) is 4.79 Å². The van der Waals surface area contributed by atoms with Crippen LogP contribution in [-0.2, 0) is 19.9 Å². The molecular formula is C22H26N4O. The molecule has 1 aliphatic carbocycles. The van der Waals surface area contributed by atoms with Crippen LogP contribution >= 0.6 is 0 Å². The van der Waals surface area contributed by atoms with Gasteiger partial charge in [0.25, 0.3) is 0 Å². The Labute approximate surface area is 159 Å². The monoisotopic (exact) mass is 362 g/mol. The minimum atomic E-state index is -0.0668.